The molecule has 0 aromatic heterocycles. The number of nitrogens with zero attached hydrogens (tertiary/aromatic N) is 1. The van der Waals surface area contributed by atoms with Crippen LogP contribution in [0.15, 0.2) is 0 Å². The van der Waals surface area contributed by atoms with Crippen LogP contribution in [0.3, 0.4) is 0 Å². The van der Waals surface area contributed by atoms with Crippen molar-refractivity contribution in [3.05, 3.63) is 0 Å². The van der Waals surface area contributed by atoms with E-state index in [0.717, 1.165) is 64.2 Å². The Morgan fingerprint density at radius 2 is 0.923 bits per heavy atom. The molecule has 0 aliphatic carbocycles. The zero-order chi connectivity index (χ0) is 30.0. The van der Waals surface area contributed by atoms with Crippen LogP contribution in [0.25, 0.3) is 0 Å². The number of hydrogen-bond donors (Lipinski definition) is 11. The van der Waals surface area contributed by atoms with E-state index in [1.165, 1.54) is 0 Å². The van der Waals surface area contributed by atoms with Crippen molar-refractivity contribution in [2.45, 2.75) is 127 Å². The number of aliphatic hydroxyl groups is 10. The van der Waals surface area contributed by atoms with E-state index in [2.05, 4.69) is 13.8 Å². The summed E-state index contributed by atoms with van der Waals surface area (Å²) >= 11 is 0. The molecule has 0 bridgehead atoms. The third-order valence-electron chi connectivity index (χ3n) is 7.65. The second kappa shape index (κ2) is 21.3. The summed E-state index contributed by atoms with van der Waals surface area (Å²) in [5.41, 5.74) is 5.91. The summed E-state index contributed by atoms with van der Waals surface area (Å²) in [5, 5.41) is 99.9. The summed E-state index contributed by atoms with van der Waals surface area (Å²) in [7, 11) is 0. The summed E-state index contributed by atoms with van der Waals surface area (Å²) in [4.78, 5) is 1.59. The van der Waals surface area contributed by atoms with Crippen molar-refractivity contribution in [3.63, 3.8) is 0 Å². The molecule has 0 aliphatic rings. The summed E-state index contributed by atoms with van der Waals surface area (Å²) in [6, 6.07) is 0. The molecule has 236 valence electrons. The van der Waals surface area contributed by atoms with Crippen LogP contribution in [0, 0.1) is 5.41 Å². The van der Waals surface area contributed by atoms with Crippen LogP contribution in [0.5, 0.6) is 0 Å². The van der Waals surface area contributed by atoms with Gasteiger partial charge in [-0.05, 0) is 24.8 Å². The lowest BCUT2D eigenvalue weighted by Gasteiger charge is -2.41. The SMILES string of the molecule is CCCCCCC(CN)(CCCCCC)CN(C[C@H](O)[C@@H](O)[C@H](O)[C@H](O)CO)C[C@H](O)[C@@H](O)[C@H](O)[C@H](O)CO. The van der Waals surface area contributed by atoms with E-state index in [1.54, 1.807) is 4.90 Å². The van der Waals surface area contributed by atoms with Gasteiger partial charge in [-0.15, -0.1) is 0 Å². The molecule has 0 aliphatic heterocycles. The predicted molar refractivity (Wildman–Crippen MR) is 148 cm³/mol. The predicted octanol–water partition coefficient (Wildman–Crippen LogP) is -1.95. The molecule has 0 heterocycles. The maximum absolute atomic E-state index is 10.7. The average Bonchev–Trinajstić information content (AvgIpc) is 2.94. The lowest BCUT2D eigenvalue weighted by Crippen LogP contribution is -2.55. The fourth-order valence-electron chi connectivity index (χ4n) is 4.95. The van der Waals surface area contributed by atoms with Crippen molar-refractivity contribution in [3.8, 4) is 0 Å². The zero-order valence-electron chi connectivity index (χ0n) is 23.9. The van der Waals surface area contributed by atoms with E-state index in [9.17, 15) is 40.9 Å². The summed E-state index contributed by atoms with van der Waals surface area (Å²) in [5.74, 6) is 0. The first-order chi connectivity index (χ1) is 18.4. The van der Waals surface area contributed by atoms with Gasteiger partial charge in [0, 0.05) is 19.6 Å². The molecule has 8 atom stereocenters. The fraction of sp³-hybridized carbons (Fsp3) is 1.00. The first-order valence-electron chi connectivity index (χ1n) is 14.5. The van der Waals surface area contributed by atoms with E-state index in [0.29, 0.717) is 6.54 Å². The van der Waals surface area contributed by atoms with E-state index in [1.807, 2.05) is 0 Å². The minimum absolute atomic E-state index is 0.270. The summed E-state index contributed by atoms with van der Waals surface area (Å²) in [6.07, 6.45) is -4.12. The Morgan fingerprint density at radius 3 is 1.23 bits per heavy atom. The highest BCUT2D eigenvalue weighted by Gasteiger charge is 2.37. The number of nitrogens with two attached hydrogens (primary N) is 1. The van der Waals surface area contributed by atoms with E-state index in [-0.39, 0.29) is 19.6 Å². The third kappa shape index (κ3) is 14.3. The van der Waals surface area contributed by atoms with Crippen LogP contribution in [0.2, 0.25) is 0 Å². The van der Waals surface area contributed by atoms with Gasteiger partial charge in [0.15, 0.2) is 0 Å². The minimum atomic E-state index is -1.83. The molecular formula is C27H58N2O10. The van der Waals surface area contributed by atoms with E-state index >= 15 is 0 Å². The van der Waals surface area contributed by atoms with Crippen molar-refractivity contribution < 1.29 is 51.1 Å². The van der Waals surface area contributed by atoms with Gasteiger partial charge in [0.25, 0.3) is 0 Å². The van der Waals surface area contributed by atoms with Gasteiger partial charge in [0.1, 0.15) is 36.6 Å². The second-order valence-corrected chi connectivity index (χ2v) is 11.1. The fourth-order valence-corrected chi connectivity index (χ4v) is 4.95. The van der Waals surface area contributed by atoms with Crippen molar-refractivity contribution in [1.82, 2.24) is 4.90 Å². The van der Waals surface area contributed by atoms with E-state index < -0.39 is 67.5 Å². The Bertz CT molecular complexity index is 549. The lowest BCUT2D eigenvalue weighted by atomic mass is 9.77. The van der Waals surface area contributed by atoms with Crippen molar-refractivity contribution in [1.29, 1.82) is 0 Å². The van der Waals surface area contributed by atoms with Crippen LogP contribution in [-0.2, 0) is 0 Å². The van der Waals surface area contributed by atoms with Crippen LogP contribution >= 0.6 is 0 Å². The number of hydrogen-bond acceptors (Lipinski definition) is 12. The van der Waals surface area contributed by atoms with Gasteiger partial charge in [0.2, 0.25) is 0 Å². The Hall–Kier alpha value is -0.480. The molecule has 0 radical (unpaired) electrons. The van der Waals surface area contributed by atoms with Gasteiger partial charge < -0.3 is 56.8 Å². The van der Waals surface area contributed by atoms with Gasteiger partial charge in [0.05, 0.1) is 25.4 Å². The highest BCUT2D eigenvalue weighted by molar-refractivity contribution is 4.90. The topological polar surface area (TPSA) is 232 Å². The molecule has 0 aromatic rings. The molecular weight excluding hydrogens is 512 g/mol. The van der Waals surface area contributed by atoms with E-state index in [4.69, 9.17) is 15.9 Å². The molecule has 12 nitrogen and oxygen atoms in total. The Morgan fingerprint density at radius 1 is 0.564 bits per heavy atom. The second-order valence-electron chi connectivity index (χ2n) is 11.1. The van der Waals surface area contributed by atoms with Crippen LogP contribution in [0.4, 0.5) is 0 Å². The normalized spacial score (nSPS) is 18.9. The van der Waals surface area contributed by atoms with Crippen LogP contribution < -0.4 is 5.73 Å². The molecule has 12 heteroatoms. The minimum Gasteiger partial charge on any atom is -0.394 e. The number of aliphatic hydroxyl groups excluding tert-OH is 10. The van der Waals surface area contributed by atoms with Gasteiger partial charge in [-0.3, -0.25) is 4.90 Å². The smallest absolute Gasteiger partial charge is 0.111 e. The highest BCUT2D eigenvalue weighted by Crippen LogP contribution is 2.33. The van der Waals surface area contributed by atoms with Gasteiger partial charge in [-0.1, -0.05) is 65.2 Å². The monoisotopic (exact) mass is 570 g/mol. The van der Waals surface area contributed by atoms with Crippen LogP contribution in [-0.4, -0.2) is 144 Å². The van der Waals surface area contributed by atoms with Crippen molar-refractivity contribution in [2.75, 3.05) is 39.4 Å². The summed E-state index contributed by atoms with van der Waals surface area (Å²) in [6.45, 7) is 2.60. The first kappa shape index (κ1) is 38.5. The molecule has 0 fully saturated rings. The molecule has 0 rings (SSSR count). The third-order valence-corrected chi connectivity index (χ3v) is 7.65. The maximum atomic E-state index is 10.7. The molecule has 12 N–H and O–H groups in total. The molecule has 0 amide bonds. The van der Waals surface area contributed by atoms with Gasteiger partial charge in [-0.2, -0.15) is 0 Å². The van der Waals surface area contributed by atoms with Crippen LogP contribution in [0.1, 0.15) is 78.1 Å². The number of unbranched alkanes of at least 4 members (excludes halogenated alkanes) is 6. The van der Waals surface area contributed by atoms with Crippen molar-refractivity contribution in [2.24, 2.45) is 11.1 Å². The molecule has 0 unspecified atom stereocenters. The summed E-state index contributed by atoms with van der Waals surface area (Å²) < 4.78 is 0. The Labute approximate surface area is 233 Å². The quantitative estimate of drug-likeness (QED) is 0.0538. The number of rotatable bonds is 25. The van der Waals surface area contributed by atoms with Gasteiger partial charge >= 0.3 is 0 Å². The lowest BCUT2D eigenvalue weighted by molar-refractivity contribution is -0.132. The standard InChI is InChI=1S/C27H58N2O10/c1-3-5-7-9-11-27(17-28,12-10-8-6-4-2)18-29(13-19(32)23(36)25(38)21(34)15-30)14-20(33)24(37)26(39)22(35)16-31/h19-26,30-39H,3-18,28H2,1-2H3/t19-,20-,21+,22+,23+,24+,25+,26+/m0/s1. The molecule has 39 heavy (non-hydrogen) atoms. The molecule has 0 saturated heterocycles. The highest BCUT2D eigenvalue weighted by atomic mass is 16.4. The van der Waals surface area contributed by atoms with Crippen molar-refractivity contribution >= 4 is 0 Å². The maximum Gasteiger partial charge on any atom is 0.111 e. The Kier molecular flexibility index (Phi) is 21.0. The molecule has 0 spiro atoms. The largest absolute Gasteiger partial charge is 0.394 e. The zero-order valence-corrected chi connectivity index (χ0v) is 23.9. The Balaban J connectivity index is 5.95. The average molecular weight is 571 g/mol. The van der Waals surface area contributed by atoms with Gasteiger partial charge in [-0.25, -0.2) is 0 Å². The first-order valence-corrected chi connectivity index (χ1v) is 14.5. The molecule has 0 saturated carbocycles. The molecule has 0 aromatic carbocycles.